The Morgan fingerprint density at radius 2 is 1.76 bits per heavy atom. The Morgan fingerprint density at radius 1 is 0.974 bits per heavy atom. The van der Waals surface area contributed by atoms with Crippen LogP contribution in [0.5, 0.6) is 0 Å². The van der Waals surface area contributed by atoms with Gasteiger partial charge in [0.2, 0.25) is 5.82 Å². The first-order chi connectivity index (χ1) is 18.3. The molecule has 0 aliphatic carbocycles. The number of nitrogens with one attached hydrogen (secondary N) is 1. The molecule has 0 aliphatic heterocycles. The van der Waals surface area contributed by atoms with E-state index in [-0.39, 0.29) is 11.1 Å². The summed E-state index contributed by atoms with van der Waals surface area (Å²) in [5.41, 5.74) is 7.71. The van der Waals surface area contributed by atoms with Crippen LogP contribution in [0.15, 0.2) is 71.8 Å². The highest BCUT2D eigenvalue weighted by Crippen LogP contribution is 2.31. The maximum Gasteiger partial charge on any atom is 0.333 e. The van der Waals surface area contributed by atoms with Gasteiger partial charge in [0.15, 0.2) is 0 Å². The number of hydrogen-bond acceptors (Lipinski definition) is 5. The van der Waals surface area contributed by atoms with Crippen LogP contribution in [-0.2, 0) is 18.4 Å². The van der Waals surface area contributed by atoms with Crippen LogP contribution in [0.3, 0.4) is 0 Å². The zero-order chi connectivity index (χ0) is 26.9. The van der Waals surface area contributed by atoms with E-state index in [4.69, 9.17) is 4.98 Å². The zero-order valence-corrected chi connectivity index (χ0v) is 22.6. The van der Waals surface area contributed by atoms with Crippen LogP contribution in [0, 0.1) is 6.92 Å². The first kappa shape index (κ1) is 25.3. The molecular weight excluding hydrogens is 474 g/mol. The summed E-state index contributed by atoms with van der Waals surface area (Å²) >= 11 is 0. The Kier molecular flexibility index (Phi) is 6.80. The number of H-pyrrole nitrogens is 1. The third-order valence-electron chi connectivity index (χ3n) is 6.82. The number of tetrazole rings is 1. The van der Waals surface area contributed by atoms with Gasteiger partial charge in [0, 0.05) is 29.2 Å². The summed E-state index contributed by atoms with van der Waals surface area (Å²) < 4.78 is 3.69. The first-order valence-corrected chi connectivity index (χ1v) is 13.0. The van der Waals surface area contributed by atoms with E-state index >= 15 is 0 Å². The molecule has 38 heavy (non-hydrogen) atoms. The average molecular weight is 508 g/mol. The third kappa shape index (κ3) is 4.81. The van der Waals surface area contributed by atoms with Crippen molar-refractivity contribution in [2.75, 3.05) is 0 Å². The van der Waals surface area contributed by atoms with E-state index in [0.717, 1.165) is 57.7 Å². The largest absolute Gasteiger partial charge is 0.333 e. The summed E-state index contributed by atoms with van der Waals surface area (Å²) in [6.07, 6.45) is 5.62. The minimum Gasteiger partial charge on any atom is -0.290 e. The highest BCUT2D eigenvalue weighted by atomic mass is 16.1. The molecule has 8 heteroatoms. The highest BCUT2D eigenvalue weighted by molar-refractivity contribution is 5.79. The van der Waals surface area contributed by atoms with Gasteiger partial charge < -0.3 is 0 Å². The van der Waals surface area contributed by atoms with E-state index < -0.39 is 0 Å². The van der Waals surface area contributed by atoms with Crippen LogP contribution < -0.4 is 5.69 Å². The standard InChI is InChI=1S/C30H33N7O/c1-6-10-23-19-37(27-20(2)11-9-14-26(27)30(3,4)5)29(38)36(23)18-22-16-15-21(17-31-22)24-12-7-8-13-25(24)28-32-34-35-33-28/h7-9,11-17,19H,6,10,18H2,1-5H3,(H,32,33,34,35). The van der Waals surface area contributed by atoms with Gasteiger partial charge in [-0.25, -0.2) is 4.79 Å². The van der Waals surface area contributed by atoms with Gasteiger partial charge in [0.05, 0.1) is 17.9 Å². The van der Waals surface area contributed by atoms with Crippen molar-refractivity contribution in [1.82, 2.24) is 34.7 Å². The van der Waals surface area contributed by atoms with Crippen LogP contribution in [-0.4, -0.2) is 34.7 Å². The smallest absolute Gasteiger partial charge is 0.290 e. The molecule has 0 saturated heterocycles. The summed E-state index contributed by atoms with van der Waals surface area (Å²) in [6.45, 7) is 11.2. The lowest BCUT2D eigenvalue weighted by Crippen LogP contribution is -2.27. The van der Waals surface area contributed by atoms with Crippen molar-refractivity contribution < 1.29 is 0 Å². The fourth-order valence-corrected chi connectivity index (χ4v) is 4.94. The van der Waals surface area contributed by atoms with E-state index in [1.807, 2.05) is 57.9 Å². The highest BCUT2D eigenvalue weighted by Gasteiger charge is 2.23. The number of imidazole rings is 1. The fraction of sp³-hybridized carbons (Fsp3) is 0.300. The van der Waals surface area contributed by atoms with Gasteiger partial charge in [-0.05, 0) is 46.7 Å². The van der Waals surface area contributed by atoms with Gasteiger partial charge in [-0.1, -0.05) is 82.6 Å². The van der Waals surface area contributed by atoms with Crippen LogP contribution in [0.25, 0.3) is 28.2 Å². The van der Waals surface area contributed by atoms with Crippen LogP contribution in [0.2, 0.25) is 0 Å². The predicted molar refractivity (Wildman–Crippen MR) is 149 cm³/mol. The number of aryl methyl sites for hydroxylation is 2. The van der Waals surface area contributed by atoms with Crippen molar-refractivity contribution in [2.45, 2.75) is 59.4 Å². The summed E-state index contributed by atoms with van der Waals surface area (Å²) in [7, 11) is 0. The number of rotatable bonds is 7. The molecule has 0 aliphatic rings. The second-order valence-electron chi connectivity index (χ2n) is 10.6. The van der Waals surface area contributed by atoms with E-state index in [2.05, 4.69) is 73.4 Å². The van der Waals surface area contributed by atoms with Gasteiger partial charge >= 0.3 is 5.69 Å². The summed E-state index contributed by atoms with van der Waals surface area (Å²) in [5, 5.41) is 14.5. The Labute approximate surface area is 222 Å². The fourth-order valence-electron chi connectivity index (χ4n) is 4.94. The minimum atomic E-state index is -0.0943. The van der Waals surface area contributed by atoms with E-state index in [1.54, 1.807) is 0 Å². The Morgan fingerprint density at radius 3 is 2.42 bits per heavy atom. The monoisotopic (exact) mass is 507 g/mol. The second kappa shape index (κ2) is 10.2. The topological polar surface area (TPSA) is 94.3 Å². The molecule has 0 fully saturated rings. The SMILES string of the molecule is CCCc1cn(-c2c(C)cccc2C(C)(C)C)c(=O)n1Cc1ccc(-c2ccccc2-c2nn[nH]n2)cn1. The van der Waals surface area contributed by atoms with Gasteiger partial charge in [0.25, 0.3) is 0 Å². The molecule has 194 valence electrons. The molecule has 8 nitrogen and oxygen atoms in total. The maximum absolute atomic E-state index is 13.8. The molecule has 0 spiro atoms. The minimum absolute atomic E-state index is 0.0402. The summed E-state index contributed by atoms with van der Waals surface area (Å²) in [6, 6.07) is 18.2. The molecule has 2 aromatic carbocycles. The Bertz CT molecular complexity index is 1600. The van der Waals surface area contributed by atoms with Crippen LogP contribution in [0.1, 0.15) is 56.6 Å². The van der Waals surface area contributed by atoms with Gasteiger partial charge in [-0.2, -0.15) is 5.21 Å². The number of hydrogen-bond donors (Lipinski definition) is 1. The molecule has 1 N–H and O–H groups in total. The van der Waals surface area contributed by atoms with Crippen molar-refractivity contribution in [1.29, 1.82) is 0 Å². The number of aromatic amines is 1. The van der Waals surface area contributed by atoms with E-state index in [1.165, 1.54) is 0 Å². The van der Waals surface area contributed by atoms with Crippen molar-refractivity contribution in [2.24, 2.45) is 0 Å². The van der Waals surface area contributed by atoms with Gasteiger partial charge in [-0.3, -0.25) is 14.1 Å². The third-order valence-corrected chi connectivity index (χ3v) is 6.82. The van der Waals surface area contributed by atoms with Crippen molar-refractivity contribution >= 4 is 0 Å². The van der Waals surface area contributed by atoms with Crippen molar-refractivity contribution in [3.05, 3.63) is 100.0 Å². The first-order valence-electron chi connectivity index (χ1n) is 13.0. The Hall–Kier alpha value is -4.33. The molecule has 0 saturated carbocycles. The lowest BCUT2D eigenvalue weighted by Gasteiger charge is -2.24. The molecule has 0 radical (unpaired) electrons. The lowest BCUT2D eigenvalue weighted by molar-refractivity contribution is 0.583. The number of nitrogens with zero attached hydrogens (tertiary/aromatic N) is 6. The molecule has 0 bridgehead atoms. The molecule has 3 aromatic heterocycles. The van der Waals surface area contributed by atoms with Gasteiger partial charge in [-0.15, -0.1) is 10.2 Å². The number of benzene rings is 2. The molecule has 0 atom stereocenters. The number of aromatic nitrogens is 7. The van der Waals surface area contributed by atoms with Crippen LogP contribution >= 0.6 is 0 Å². The quantitative estimate of drug-likeness (QED) is 0.314. The molecule has 3 heterocycles. The summed E-state index contributed by atoms with van der Waals surface area (Å²) in [5.74, 6) is 0.535. The molecule has 0 amide bonds. The number of pyridine rings is 1. The Balaban J connectivity index is 1.52. The summed E-state index contributed by atoms with van der Waals surface area (Å²) in [4.78, 5) is 18.6. The lowest BCUT2D eigenvalue weighted by atomic mass is 9.84. The number of para-hydroxylation sites is 1. The second-order valence-corrected chi connectivity index (χ2v) is 10.6. The molecular formula is C30H33N7O. The molecule has 5 rings (SSSR count). The normalized spacial score (nSPS) is 11.7. The average Bonchev–Trinajstić information content (AvgIpc) is 3.54. The predicted octanol–water partition coefficient (Wildman–Crippen LogP) is 5.49. The van der Waals surface area contributed by atoms with Crippen LogP contribution in [0.4, 0.5) is 0 Å². The van der Waals surface area contributed by atoms with Gasteiger partial charge in [0.1, 0.15) is 0 Å². The van der Waals surface area contributed by atoms with Crippen molar-refractivity contribution in [3.63, 3.8) is 0 Å². The van der Waals surface area contributed by atoms with E-state index in [0.29, 0.717) is 12.4 Å². The maximum atomic E-state index is 13.8. The van der Waals surface area contributed by atoms with E-state index in [9.17, 15) is 4.79 Å². The van der Waals surface area contributed by atoms with Crippen molar-refractivity contribution in [3.8, 4) is 28.2 Å². The molecule has 0 unspecified atom stereocenters. The zero-order valence-electron chi connectivity index (χ0n) is 22.6. The molecule has 5 aromatic rings.